The summed E-state index contributed by atoms with van der Waals surface area (Å²) in [6, 6.07) is 2.64. The first-order chi connectivity index (χ1) is 9.52. The number of carbonyl (C=O) groups is 2. The van der Waals surface area contributed by atoms with Crippen LogP contribution in [0.4, 0.5) is 0 Å². The van der Waals surface area contributed by atoms with Gasteiger partial charge in [-0.25, -0.2) is 9.48 Å². The summed E-state index contributed by atoms with van der Waals surface area (Å²) in [7, 11) is 2.73. The third-order valence-corrected chi connectivity index (χ3v) is 3.00. The zero-order chi connectivity index (χ0) is 14.7. The molecule has 0 aliphatic carbocycles. The van der Waals surface area contributed by atoms with Crippen LogP contribution in [-0.4, -0.2) is 59.5 Å². The van der Waals surface area contributed by atoms with Gasteiger partial charge in [-0.15, -0.1) is 0 Å². The number of morpholine rings is 1. The lowest BCUT2D eigenvalue weighted by Crippen LogP contribution is -2.49. The first-order valence-corrected chi connectivity index (χ1v) is 6.06. The summed E-state index contributed by atoms with van der Waals surface area (Å²) >= 11 is 0. The van der Waals surface area contributed by atoms with E-state index in [1.165, 1.54) is 31.2 Å². The van der Waals surface area contributed by atoms with E-state index < -0.39 is 12.1 Å². The summed E-state index contributed by atoms with van der Waals surface area (Å²) in [5, 5.41) is 3.89. The van der Waals surface area contributed by atoms with E-state index in [1.54, 1.807) is 0 Å². The zero-order valence-corrected chi connectivity index (χ0v) is 11.2. The number of methoxy groups -OCH3 is 1. The Balaban J connectivity index is 2.14. The molecular weight excluding hydrogens is 266 g/mol. The highest BCUT2D eigenvalue weighted by atomic mass is 16.6. The van der Waals surface area contributed by atoms with E-state index in [4.69, 9.17) is 4.74 Å². The molecule has 0 bridgehead atoms. The van der Waals surface area contributed by atoms with Crippen LogP contribution in [0.3, 0.4) is 0 Å². The van der Waals surface area contributed by atoms with Gasteiger partial charge in [-0.05, 0) is 6.07 Å². The first-order valence-electron chi connectivity index (χ1n) is 6.06. The summed E-state index contributed by atoms with van der Waals surface area (Å²) in [6.07, 6.45) is -0.787. The molecule has 1 amide bonds. The minimum absolute atomic E-state index is 0.107. The van der Waals surface area contributed by atoms with Gasteiger partial charge in [-0.1, -0.05) is 0 Å². The van der Waals surface area contributed by atoms with Crippen molar-refractivity contribution in [3.63, 3.8) is 0 Å². The maximum absolute atomic E-state index is 12.3. The molecule has 1 aromatic rings. The van der Waals surface area contributed by atoms with Crippen molar-refractivity contribution in [3.8, 4) is 0 Å². The summed E-state index contributed by atoms with van der Waals surface area (Å²) in [5.74, 6) is -0.867. The second-order valence-electron chi connectivity index (χ2n) is 4.31. The van der Waals surface area contributed by atoms with Crippen molar-refractivity contribution >= 4 is 11.9 Å². The molecular formula is C12H15N3O5. The van der Waals surface area contributed by atoms with E-state index in [1.807, 2.05) is 0 Å². The molecule has 1 aliphatic heterocycles. The van der Waals surface area contributed by atoms with Gasteiger partial charge in [0, 0.05) is 19.7 Å². The molecule has 1 aliphatic rings. The highest BCUT2D eigenvalue weighted by molar-refractivity contribution is 5.92. The van der Waals surface area contributed by atoms with Gasteiger partial charge in [0.1, 0.15) is 5.69 Å². The van der Waals surface area contributed by atoms with E-state index in [0.29, 0.717) is 6.54 Å². The molecule has 0 saturated carbocycles. The Bertz CT molecular complexity index is 583. The highest BCUT2D eigenvalue weighted by Gasteiger charge is 2.30. The largest absolute Gasteiger partial charge is 0.467 e. The van der Waals surface area contributed by atoms with Gasteiger partial charge < -0.3 is 14.4 Å². The maximum atomic E-state index is 12.3. The normalized spacial score (nSPS) is 18.7. The van der Waals surface area contributed by atoms with Gasteiger partial charge in [-0.3, -0.25) is 9.59 Å². The van der Waals surface area contributed by atoms with Crippen molar-refractivity contribution in [2.45, 2.75) is 6.10 Å². The molecule has 1 unspecified atom stereocenters. The molecule has 2 heterocycles. The molecule has 1 fully saturated rings. The molecule has 1 aromatic heterocycles. The molecule has 0 N–H and O–H groups in total. The first kappa shape index (κ1) is 14.2. The van der Waals surface area contributed by atoms with Gasteiger partial charge in [0.25, 0.3) is 11.5 Å². The molecule has 1 atom stereocenters. The lowest BCUT2D eigenvalue weighted by Gasteiger charge is -2.31. The van der Waals surface area contributed by atoms with Crippen LogP contribution < -0.4 is 5.56 Å². The molecule has 108 valence electrons. The smallest absolute Gasteiger partial charge is 0.336 e. The monoisotopic (exact) mass is 281 g/mol. The predicted octanol–water partition coefficient (Wildman–Crippen LogP) is -1.21. The second kappa shape index (κ2) is 5.83. The zero-order valence-electron chi connectivity index (χ0n) is 11.2. The van der Waals surface area contributed by atoms with Crippen LogP contribution in [0, 0.1) is 0 Å². The lowest BCUT2D eigenvalue weighted by atomic mass is 10.2. The molecule has 8 nitrogen and oxygen atoms in total. The average Bonchev–Trinajstić information content (AvgIpc) is 2.48. The molecule has 0 aromatic carbocycles. The van der Waals surface area contributed by atoms with E-state index in [9.17, 15) is 14.4 Å². The van der Waals surface area contributed by atoms with Crippen molar-refractivity contribution in [3.05, 3.63) is 28.2 Å². The fourth-order valence-electron chi connectivity index (χ4n) is 1.89. The summed E-state index contributed by atoms with van der Waals surface area (Å²) < 4.78 is 10.9. The van der Waals surface area contributed by atoms with Gasteiger partial charge in [-0.2, -0.15) is 5.10 Å². The second-order valence-corrected chi connectivity index (χ2v) is 4.31. The molecule has 0 radical (unpaired) electrons. The summed E-state index contributed by atoms with van der Waals surface area (Å²) in [4.78, 5) is 36.4. The number of hydrogen-bond acceptors (Lipinski definition) is 6. The Labute approximate surface area is 114 Å². The molecule has 0 spiro atoms. The van der Waals surface area contributed by atoms with Gasteiger partial charge >= 0.3 is 5.97 Å². The van der Waals surface area contributed by atoms with Crippen LogP contribution in [0.25, 0.3) is 0 Å². The Morgan fingerprint density at radius 1 is 1.45 bits per heavy atom. The van der Waals surface area contributed by atoms with Crippen LogP contribution in [0.2, 0.25) is 0 Å². The van der Waals surface area contributed by atoms with E-state index in [0.717, 1.165) is 4.68 Å². The van der Waals surface area contributed by atoms with E-state index in [-0.39, 0.29) is 30.3 Å². The van der Waals surface area contributed by atoms with Crippen molar-refractivity contribution in [2.24, 2.45) is 7.05 Å². The number of aryl methyl sites for hydroxylation is 1. The van der Waals surface area contributed by atoms with E-state index in [2.05, 4.69) is 9.84 Å². The quantitative estimate of drug-likeness (QED) is 0.632. The van der Waals surface area contributed by atoms with Crippen molar-refractivity contribution in [1.82, 2.24) is 14.7 Å². The highest BCUT2D eigenvalue weighted by Crippen LogP contribution is 2.09. The van der Waals surface area contributed by atoms with Crippen molar-refractivity contribution in [1.29, 1.82) is 0 Å². The fourth-order valence-corrected chi connectivity index (χ4v) is 1.89. The lowest BCUT2D eigenvalue weighted by molar-refractivity contribution is -0.158. The van der Waals surface area contributed by atoms with Crippen LogP contribution >= 0.6 is 0 Å². The molecule has 8 heteroatoms. The number of nitrogens with zero attached hydrogens (tertiary/aromatic N) is 3. The fraction of sp³-hybridized carbons (Fsp3) is 0.500. The van der Waals surface area contributed by atoms with Crippen molar-refractivity contribution < 1.29 is 19.1 Å². The van der Waals surface area contributed by atoms with Crippen LogP contribution in [0.15, 0.2) is 16.9 Å². The number of hydrogen-bond donors (Lipinski definition) is 0. The number of rotatable bonds is 2. The van der Waals surface area contributed by atoms with Crippen LogP contribution in [0.5, 0.6) is 0 Å². The van der Waals surface area contributed by atoms with Crippen LogP contribution in [-0.2, 0) is 21.3 Å². The number of aromatic nitrogens is 2. The Morgan fingerprint density at radius 3 is 2.85 bits per heavy atom. The topological polar surface area (TPSA) is 90.7 Å². The third-order valence-electron chi connectivity index (χ3n) is 3.00. The predicted molar refractivity (Wildman–Crippen MR) is 67.1 cm³/mol. The minimum Gasteiger partial charge on any atom is -0.467 e. The summed E-state index contributed by atoms with van der Waals surface area (Å²) in [6.45, 7) is 0.712. The van der Waals surface area contributed by atoms with Crippen molar-refractivity contribution in [2.75, 3.05) is 26.8 Å². The number of esters is 1. The molecule has 20 heavy (non-hydrogen) atoms. The number of ether oxygens (including phenoxy) is 2. The standard InChI is InChI=1S/C12H15N3O5/c1-14-10(16)4-3-8(13-14)11(17)15-5-6-20-9(7-15)12(18)19-2/h3-4,9H,5-7H2,1-2H3. The molecule has 1 saturated heterocycles. The maximum Gasteiger partial charge on any atom is 0.336 e. The Hall–Kier alpha value is -2.22. The van der Waals surface area contributed by atoms with Gasteiger partial charge in [0.2, 0.25) is 0 Å². The van der Waals surface area contributed by atoms with E-state index >= 15 is 0 Å². The Kier molecular flexibility index (Phi) is 4.14. The average molecular weight is 281 g/mol. The number of carbonyl (C=O) groups excluding carboxylic acids is 2. The SMILES string of the molecule is COC(=O)C1CN(C(=O)c2ccc(=O)n(C)n2)CCO1. The van der Waals surface area contributed by atoms with Gasteiger partial charge in [0.05, 0.1) is 20.3 Å². The molecule has 2 rings (SSSR count). The third kappa shape index (κ3) is 2.85. The summed E-state index contributed by atoms with van der Waals surface area (Å²) in [5.41, 5.74) is -0.145. The van der Waals surface area contributed by atoms with Crippen LogP contribution in [0.1, 0.15) is 10.5 Å². The minimum atomic E-state index is -0.787. The van der Waals surface area contributed by atoms with Gasteiger partial charge in [0.15, 0.2) is 6.10 Å². The Morgan fingerprint density at radius 2 is 2.20 bits per heavy atom. The number of amides is 1.